The molecule has 0 aromatic carbocycles. The Kier molecular flexibility index (Phi) is 3.44. The van der Waals surface area contributed by atoms with Crippen molar-refractivity contribution in [3.63, 3.8) is 0 Å². The van der Waals surface area contributed by atoms with Crippen LogP contribution >= 0.6 is 0 Å². The van der Waals surface area contributed by atoms with Crippen molar-refractivity contribution < 1.29 is 52.7 Å². The molecule has 0 unspecified atom stereocenters. The smallest absolute Gasteiger partial charge is 0.215 e. The van der Waals surface area contributed by atoms with Crippen LogP contribution in [0.5, 0.6) is 0 Å². The SMILES string of the molecule is FC(F)(F)[B-](C(F)(F)F)(C(F)(F)F)C(F)(F)F. The molecule has 0 aliphatic heterocycles. The Morgan fingerprint density at radius 2 is 0.471 bits per heavy atom. The predicted octanol–water partition coefficient (Wildman–Crippen LogP) is 3.84. The molecule has 0 rings (SSSR count). The molecule has 0 saturated heterocycles. The Bertz CT molecular complexity index is 211. The Balaban J connectivity index is 6.37. The summed E-state index contributed by atoms with van der Waals surface area (Å²) in [5, 5.41) is 0. The van der Waals surface area contributed by atoms with Crippen LogP contribution < -0.4 is 0 Å². The maximum absolute atomic E-state index is 11.7. The molecule has 13 heteroatoms. The van der Waals surface area contributed by atoms with Gasteiger partial charge in [0.25, 0.3) is 24.3 Å². The molecule has 0 aliphatic rings. The maximum Gasteiger partial charge on any atom is 0.452 e. The molecule has 0 radical (unpaired) electrons. The lowest BCUT2D eigenvalue weighted by Gasteiger charge is -2.44. The van der Waals surface area contributed by atoms with Crippen molar-refractivity contribution in [2.24, 2.45) is 0 Å². The van der Waals surface area contributed by atoms with Crippen molar-refractivity contribution in [1.29, 1.82) is 0 Å². The Labute approximate surface area is 84.5 Å². The van der Waals surface area contributed by atoms with Crippen LogP contribution in [0.15, 0.2) is 0 Å². The van der Waals surface area contributed by atoms with Crippen molar-refractivity contribution in [3.05, 3.63) is 0 Å². The Morgan fingerprint density at radius 1 is 0.353 bits per heavy atom. The van der Waals surface area contributed by atoms with E-state index >= 15 is 0 Å². The van der Waals surface area contributed by atoms with Gasteiger partial charge in [-0.2, -0.15) is 0 Å². The van der Waals surface area contributed by atoms with E-state index in [0.717, 1.165) is 0 Å². The van der Waals surface area contributed by atoms with E-state index in [0.29, 0.717) is 0 Å². The van der Waals surface area contributed by atoms with Crippen LogP contribution in [0.4, 0.5) is 52.7 Å². The summed E-state index contributed by atoms with van der Waals surface area (Å²) in [5.74, 6) is 0. The van der Waals surface area contributed by atoms with E-state index in [4.69, 9.17) is 0 Å². The molecule has 0 bridgehead atoms. The van der Waals surface area contributed by atoms with Gasteiger partial charge in [0.2, 0.25) is 0 Å². The standard InChI is InChI=1S/C4BF12/c6-1(7,8)5(2(9,10)11,3(12,13)14)4(15,16)17/q-1. The molecule has 0 amide bonds. The molecule has 0 heterocycles. The van der Waals surface area contributed by atoms with Gasteiger partial charge in [-0.15, -0.1) is 0 Å². The molecule has 0 atom stereocenters. The topological polar surface area (TPSA) is 0 Å². The first-order valence-electron chi connectivity index (χ1n) is 3.42. The monoisotopic (exact) mass is 287 g/mol. The largest absolute Gasteiger partial charge is 0.452 e. The van der Waals surface area contributed by atoms with Gasteiger partial charge in [-0.1, -0.05) is 0 Å². The average Bonchev–Trinajstić information content (AvgIpc) is 1.67. The molecule has 0 aromatic rings. The third kappa shape index (κ3) is 2.15. The van der Waals surface area contributed by atoms with Gasteiger partial charge >= 0.3 is 6.15 Å². The lowest BCUT2D eigenvalue weighted by Crippen LogP contribution is -2.79. The molecule has 0 spiro atoms. The van der Waals surface area contributed by atoms with Crippen molar-refractivity contribution in [1.82, 2.24) is 0 Å². The van der Waals surface area contributed by atoms with Crippen LogP contribution in [0.1, 0.15) is 0 Å². The summed E-state index contributed by atoms with van der Waals surface area (Å²) in [6.45, 7) is 0. The van der Waals surface area contributed by atoms with Crippen LogP contribution in [0.25, 0.3) is 0 Å². The van der Waals surface area contributed by atoms with Crippen LogP contribution in [-0.4, -0.2) is 30.4 Å². The van der Waals surface area contributed by atoms with E-state index in [-0.39, 0.29) is 0 Å². The summed E-state index contributed by atoms with van der Waals surface area (Å²) in [7, 11) is 0. The minimum Gasteiger partial charge on any atom is -0.215 e. The second-order valence-corrected chi connectivity index (χ2v) is 3.03. The number of hydrogen-bond donors (Lipinski definition) is 0. The van der Waals surface area contributed by atoms with Crippen LogP contribution in [0, 0.1) is 0 Å². The molecule has 104 valence electrons. The zero-order valence-electron chi connectivity index (χ0n) is 7.11. The second kappa shape index (κ2) is 3.61. The van der Waals surface area contributed by atoms with Crippen molar-refractivity contribution in [2.75, 3.05) is 0 Å². The quantitative estimate of drug-likeness (QED) is 0.469. The fourth-order valence-corrected chi connectivity index (χ4v) is 1.11. The molecule has 0 nitrogen and oxygen atoms in total. The highest BCUT2D eigenvalue weighted by Crippen LogP contribution is 2.57. The highest BCUT2D eigenvalue weighted by Gasteiger charge is 2.90. The lowest BCUT2D eigenvalue weighted by molar-refractivity contribution is -0.208. The zero-order chi connectivity index (χ0) is 14.5. The minimum absolute atomic E-state index is 7.55. The summed E-state index contributed by atoms with van der Waals surface area (Å²) in [4.78, 5) is 0. The van der Waals surface area contributed by atoms with E-state index in [9.17, 15) is 52.7 Å². The summed E-state index contributed by atoms with van der Waals surface area (Å²) < 4.78 is 141. The highest BCUT2D eigenvalue weighted by atomic mass is 19.4. The van der Waals surface area contributed by atoms with Crippen LogP contribution in [-0.2, 0) is 0 Å². The maximum atomic E-state index is 11.7. The Hall–Kier alpha value is -0.775. The zero-order valence-corrected chi connectivity index (χ0v) is 7.11. The van der Waals surface area contributed by atoms with E-state index in [1.165, 1.54) is 0 Å². The fourth-order valence-electron chi connectivity index (χ4n) is 1.11. The van der Waals surface area contributed by atoms with Crippen molar-refractivity contribution in [2.45, 2.75) is 24.3 Å². The first-order valence-corrected chi connectivity index (χ1v) is 3.42. The fraction of sp³-hybridized carbons (Fsp3) is 1.00. The first-order chi connectivity index (χ1) is 7.00. The average molecular weight is 287 g/mol. The van der Waals surface area contributed by atoms with Gasteiger partial charge in [0.1, 0.15) is 0 Å². The van der Waals surface area contributed by atoms with Crippen LogP contribution in [0.2, 0.25) is 0 Å². The summed E-state index contributed by atoms with van der Waals surface area (Å²) >= 11 is 0. The van der Waals surface area contributed by atoms with Crippen molar-refractivity contribution in [3.8, 4) is 0 Å². The summed E-state index contributed by atoms with van der Waals surface area (Å²) in [5.41, 5.74) is 0. The molecule has 0 fully saturated rings. The van der Waals surface area contributed by atoms with Gasteiger partial charge in [0.05, 0.1) is 0 Å². The van der Waals surface area contributed by atoms with Gasteiger partial charge in [0.15, 0.2) is 0 Å². The molecule has 17 heavy (non-hydrogen) atoms. The highest BCUT2D eigenvalue weighted by molar-refractivity contribution is 6.86. The van der Waals surface area contributed by atoms with Gasteiger partial charge in [-0.05, 0) is 0 Å². The molecular formula is C4BF12-. The third-order valence-corrected chi connectivity index (χ3v) is 1.96. The Morgan fingerprint density at radius 3 is 0.471 bits per heavy atom. The second-order valence-electron chi connectivity index (χ2n) is 3.03. The number of alkyl halides is 12. The molecular weight excluding hydrogens is 287 g/mol. The summed E-state index contributed by atoms with van der Waals surface area (Å²) in [6, 6.07) is 0. The van der Waals surface area contributed by atoms with E-state index < -0.39 is 30.4 Å². The van der Waals surface area contributed by atoms with Crippen molar-refractivity contribution >= 4 is 6.15 Å². The van der Waals surface area contributed by atoms with Crippen LogP contribution in [0.3, 0.4) is 0 Å². The minimum atomic E-state index is -8.58. The van der Waals surface area contributed by atoms with Gasteiger partial charge in [-0.25, -0.2) is 52.7 Å². The molecule has 0 aliphatic carbocycles. The van der Waals surface area contributed by atoms with E-state index in [1.807, 2.05) is 0 Å². The normalized spacial score (nSPS) is 16.2. The van der Waals surface area contributed by atoms with E-state index in [2.05, 4.69) is 0 Å². The summed E-state index contributed by atoms with van der Waals surface area (Å²) in [6.07, 6.45) is -38.8. The van der Waals surface area contributed by atoms with Gasteiger partial charge in [0, 0.05) is 0 Å². The number of rotatable bonds is 0. The lowest BCUT2D eigenvalue weighted by atomic mass is 9.21. The first kappa shape index (κ1) is 16.2. The molecule has 0 aromatic heterocycles. The third-order valence-electron chi connectivity index (χ3n) is 1.96. The molecule has 0 N–H and O–H groups in total. The van der Waals surface area contributed by atoms with Gasteiger partial charge in [-0.3, -0.25) is 0 Å². The number of halogens is 12. The predicted molar refractivity (Wildman–Crippen MR) is 30.0 cm³/mol. The molecule has 0 saturated carbocycles. The number of hydrogen-bond acceptors (Lipinski definition) is 0. The van der Waals surface area contributed by atoms with Gasteiger partial charge < -0.3 is 0 Å². The van der Waals surface area contributed by atoms with E-state index in [1.54, 1.807) is 0 Å².